The molecule has 0 aliphatic rings. The van der Waals surface area contributed by atoms with E-state index < -0.39 is 0 Å². The minimum Gasteiger partial charge on any atom is -0.397 e. The number of benzene rings is 1. The van der Waals surface area contributed by atoms with Crippen LogP contribution < -0.4 is 11.1 Å². The number of anilines is 1. The van der Waals surface area contributed by atoms with Gasteiger partial charge in [-0.05, 0) is 30.5 Å². The maximum Gasteiger partial charge on any atom is 0.254 e. The zero-order valence-corrected chi connectivity index (χ0v) is 12.8. The Kier molecular flexibility index (Phi) is 4.81. The van der Waals surface area contributed by atoms with Crippen LogP contribution in [0.2, 0.25) is 5.15 Å². The molecule has 0 radical (unpaired) electrons. The number of nitrogens with two attached hydrogens (primary N) is 1. The average molecular weight is 304 g/mol. The monoisotopic (exact) mass is 303 g/mol. The molecule has 2 aromatic rings. The fourth-order valence-electron chi connectivity index (χ4n) is 2.04. The highest BCUT2D eigenvalue weighted by Crippen LogP contribution is 2.18. The third-order valence-corrected chi connectivity index (χ3v) is 3.59. The number of hydrogen-bond acceptors (Lipinski definition) is 3. The lowest BCUT2D eigenvalue weighted by atomic mass is 10.0. The minimum absolute atomic E-state index is 0.116. The standard InChI is InChI=1S/C16H18ClN3O/c1-3-11-4-6-12(7-5-11)10(2)20-16(21)13-8-15(17)19-9-14(13)18/h4-10H,3,18H2,1-2H3,(H,20,21). The number of aromatic nitrogens is 1. The van der Waals surface area contributed by atoms with Crippen molar-refractivity contribution in [1.82, 2.24) is 10.3 Å². The molecule has 1 heterocycles. The Labute approximate surface area is 129 Å². The highest BCUT2D eigenvalue weighted by molar-refractivity contribution is 6.29. The first-order valence-corrected chi connectivity index (χ1v) is 7.19. The van der Waals surface area contributed by atoms with Gasteiger partial charge in [0.15, 0.2) is 0 Å². The molecule has 1 unspecified atom stereocenters. The van der Waals surface area contributed by atoms with Crippen LogP contribution in [0.1, 0.15) is 41.4 Å². The maximum atomic E-state index is 12.2. The van der Waals surface area contributed by atoms with Crippen LogP contribution in [0.5, 0.6) is 0 Å². The van der Waals surface area contributed by atoms with Crippen molar-refractivity contribution < 1.29 is 4.79 Å². The third-order valence-electron chi connectivity index (χ3n) is 3.38. The van der Waals surface area contributed by atoms with Gasteiger partial charge in [-0.25, -0.2) is 4.98 Å². The number of pyridine rings is 1. The zero-order chi connectivity index (χ0) is 15.4. The van der Waals surface area contributed by atoms with E-state index in [2.05, 4.69) is 29.4 Å². The van der Waals surface area contributed by atoms with E-state index >= 15 is 0 Å². The molecule has 1 amide bonds. The van der Waals surface area contributed by atoms with Crippen molar-refractivity contribution >= 4 is 23.2 Å². The van der Waals surface area contributed by atoms with E-state index in [1.54, 1.807) is 0 Å². The summed E-state index contributed by atoms with van der Waals surface area (Å²) in [5, 5.41) is 3.16. The zero-order valence-electron chi connectivity index (χ0n) is 12.1. The molecule has 3 N–H and O–H groups in total. The van der Waals surface area contributed by atoms with E-state index in [9.17, 15) is 4.79 Å². The lowest BCUT2D eigenvalue weighted by Gasteiger charge is -2.15. The van der Waals surface area contributed by atoms with E-state index in [0.29, 0.717) is 11.3 Å². The molecule has 110 valence electrons. The van der Waals surface area contributed by atoms with Gasteiger partial charge < -0.3 is 11.1 Å². The lowest BCUT2D eigenvalue weighted by Crippen LogP contribution is -2.27. The van der Waals surface area contributed by atoms with E-state index in [1.165, 1.54) is 17.8 Å². The Morgan fingerprint density at radius 1 is 1.38 bits per heavy atom. The molecule has 4 nitrogen and oxygen atoms in total. The molecular weight excluding hydrogens is 286 g/mol. The van der Waals surface area contributed by atoms with Gasteiger partial charge in [0, 0.05) is 0 Å². The van der Waals surface area contributed by atoms with Gasteiger partial charge in [-0.1, -0.05) is 42.8 Å². The molecule has 1 aromatic heterocycles. The van der Waals surface area contributed by atoms with Crippen molar-refractivity contribution in [2.24, 2.45) is 0 Å². The smallest absolute Gasteiger partial charge is 0.254 e. The van der Waals surface area contributed by atoms with Crippen LogP contribution >= 0.6 is 11.6 Å². The first-order valence-electron chi connectivity index (χ1n) is 6.82. The molecule has 0 aliphatic carbocycles. The van der Waals surface area contributed by atoms with E-state index in [0.717, 1.165) is 12.0 Å². The fraction of sp³-hybridized carbons (Fsp3) is 0.250. The molecule has 1 aromatic carbocycles. The van der Waals surface area contributed by atoms with Gasteiger partial charge in [0.05, 0.1) is 23.5 Å². The predicted molar refractivity (Wildman–Crippen MR) is 85.4 cm³/mol. The summed E-state index contributed by atoms with van der Waals surface area (Å²) in [5.41, 5.74) is 8.72. The normalized spacial score (nSPS) is 12.0. The summed E-state index contributed by atoms with van der Waals surface area (Å²) < 4.78 is 0. The van der Waals surface area contributed by atoms with Gasteiger partial charge in [-0.15, -0.1) is 0 Å². The molecule has 0 fully saturated rings. The van der Waals surface area contributed by atoms with E-state index in [-0.39, 0.29) is 17.1 Å². The quantitative estimate of drug-likeness (QED) is 0.851. The first kappa shape index (κ1) is 15.3. The molecule has 0 spiro atoms. The van der Waals surface area contributed by atoms with Gasteiger partial charge in [-0.2, -0.15) is 0 Å². The first-order chi connectivity index (χ1) is 10.0. The molecule has 0 saturated heterocycles. The summed E-state index contributed by atoms with van der Waals surface area (Å²) in [5.74, 6) is -0.260. The largest absolute Gasteiger partial charge is 0.397 e. The number of carbonyl (C=O) groups excluding carboxylic acids is 1. The molecule has 2 rings (SSSR count). The van der Waals surface area contributed by atoms with Crippen LogP contribution in [-0.2, 0) is 6.42 Å². The van der Waals surface area contributed by atoms with Crippen molar-refractivity contribution in [3.63, 3.8) is 0 Å². The highest BCUT2D eigenvalue weighted by Gasteiger charge is 2.14. The van der Waals surface area contributed by atoms with Crippen molar-refractivity contribution in [2.75, 3.05) is 5.73 Å². The number of carbonyl (C=O) groups is 1. The fourth-order valence-corrected chi connectivity index (χ4v) is 2.19. The Morgan fingerprint density at radius 2 is 2.05 bits per heavy atom. The number of nitrogens with zero attached hydrogens (tertiary/aromatic N) is 1. The van der Waals surface area contributed by atoms with Crippen LogP contribution in [-0.4, -0.2) is 10.9 Å². The molecular formula is C16H18ClN3O. The summed E-state index contributed by atoms with van der Waals surface area (Å²) in [6.07, 6.45) is 2.38. The van der Waals surface area contributed by atoms with Crippen molar-refractivity contribution in [3.8, 4) is 0 Å². The summed E-state index contributed by atoms with van der Waals surface area (Å²) >= 11 is 5.80. The maximum absolute atomic E-state index is 12.2. The predicted octanol–water partition coefficient (Wildman–Crippen LogP) is 3.37. The second-order valence-corrected chi connectivity index (χ2v) is 5.27. The van der Waals surface area contributed by atoms with Gasteiger partial charge in [-0.3, -0.25) is 4.79 Å². The van der Waals surface area contributed by atoms with Crippen molar-refractivity contribution in [3.05, 3.63) is 58.4 Å². The van der Waals surface area contributed by atoms with Gasteiger partial charge in [0.2, 0.25) is 0 Å². The van der Waals surface area contributed by atoms with Crippen LogP contribution in [0.15, 0.2) is 36.5 Å². The Bertz CT molecular complexity index is 640. The van der Waals surface area contributed by atoms with Crippen LogP contribution in [0, 0.1) is 0 Å². The van der Waals surface area contributed by atoms with Gasteiger partial charge in [0.1, 0.15) is 5.15 Å². The summed E-state index contributed by atoms with van der Waals surface area (Å²) in [7, 11) is 0. The molecule has 0 aliphatic heterocycles. The van der Waals surface area contributed by atoms with E-state index in [4.69, 9.17) is 17.3 Å². The molecule has 5 heteroatoms. The van der Waals surface area contributed by atoms with Gasteiger partial charge >= 0.3 is 0 Å². The van der Waals surface area contributed by atoms with Crippen molar-refractivity contribution in [2.45, 2.75) is 26.3 Å². The van der Waals surface area contributed by atoms with Crippen LogP contribution in [0.4, 0.5) is 5.69 Å². The number of nitrogen functional groups attached to an aromatic ring is 1. The highest BCUT2D eigenvalue weighted by atomic mass is 35.5. The Hall–Kier alpha value is -2.07. The third kappa shape index (κ3) is 3.73. The van der Waals surface area contributed by atoms with Gasteiger partial charge in [0.25, 0.3) is 5.91 Å². The number of aryl methyl sites for hydroxylation is 1. The number of rotatable bonds is 4. The SMILES string of the molecule is CCc1ccc(C(C)NC(=O)c2cc(Cl)ncc2N)cc1. The second-order valence-electron chi connectivity index (χ2n) is 4.88. The number of nitrogens with one attached hydrogen (secondary N) is 1. The second kappa shape index (κ2) is 6.59. The number of hydrogen-bond donors (Lipinski definition) is 2. The number of halogens is 1. The summed E-state index contributed by atoms with van der Waals surface area (Å²) in [6.45, 7) is 4.04. The average Bonchev–Trinajstić information content (AvgIpc) is 2.49. The van der Waals surface area contributed by atoms with Crippen LogP contribution in [0.25, 0.3) is 0 Å². The minimum atomic E-state index is -0.260. The Balaban J connectivity index is 2.12. The summed E-state index contributed by atoms with van der Waals surface area (Å²) in [6, 6.07) is 9.53. The van der Waals surface area contributed by atoms with Crippen LogP contribution in [0.3, 0.4) is 0 Å². The van der Waals surface area contributed by atoms with E-state index in [1.807, 2.05) is 19.1 Å². The molecule has 21 heavy (non-hydrogen) atoms. The molecule has 1 atom stereocenters. The number of amides is 1. The molecule has 0 bridgehead atoms. The lowest BCUT2D eigenvalue weighted by molar-refractivity contribution is 0.0940. The molecule has 0 saturated carbocycles. The topological polar surface area (TPSA) is 68.0 Å². The van der Waals surface area contributed by atoms with Crippen molar-refractivity contribution in [1.29, 1.82) is 0 Å². The summed E-state index contributed by atoms with van der Waals surface area (Å²) in [4.78, 5) is 16.1. The Morgan fingerprint density at radius 3 is 2.67 bits per heavy atom.